The monoisotopic (exact) mass is 305 g/mol. The van der Waals surface area contributed by atoms with E-state index in [0.717, 1.165) is 30.1 Å². The van der Waals surface area contributed by atoms with E-state index in [-0.39, 0.29) is 0 Å². The number of quaternary nitrogens is 1. The molecule has 5 heteroatoms. The number of hydrogen-bond donors (Lipinski definition) is 1. The van der Waals surface area contributed by atoms with Gasteiger partial charge in [-0.15, -0.1) is 0 Å². The van der Waals surface area contributed by atoms with Crippen LogP contribution in [0.5, 0.6) is 5.75 Å². The molecule has 0 saturated carbocycles. The van der Waals surface area contributed by atoms with E-state index in [1.54, 1.807) is 21.3 Å². The van der Waals surface area contributed by atoms with E-state index in [2.05, 4.69) is 35.9 Å². The Morgan fingerprint density at radius 1 is 0.955 bits per heavy atom. The van der Waals surface area contributed by atoms with Gasteiger partial charge in [-0.1, -0.05) is 0 Å². The number of nitrogens with zero attached hydrogens (tertiary/aromatic N) is 1. The molecule has 0 unspecified atom stereocenters. The van der Waals surface area contributed by atoms with Crippen LogP contribution in [0.1, 0.15) is 5.56 Å². The molecular weight excluding hydrogens is 280 g/mol. The van der Waals surface area contributed by atoms with Crippen LogP contribution in [0.25, 0.3) is 5.70 Å². The van der Waals surface area contributed by atoms with E-state index >= 15 is 0 Å². The van der Waals surface area contributed by atoms with Crippen LogP contribution in [-0.2, 0) is 9.47 Å². The van der Waals surface area contributed by atoms with Crippen molar-refractivity contribution in [2.45, 2.75) is 0 Å². The molecule has 2 rings (SSSR count). The average Bonchev–Trinajstić information content (AvgIpc) is 2.58. The minimum atomic E-state index is 0.611. The summed E-state index contributed by atoms with van der Waals surface area (Å²) in [7, 11) is 5.12. The molecule has 0 fully saturated rings. The summed E-state index contributed by atoms with van der Waals surface area (Å²) in [5.74, 6) is 0.857. The van der Waals surface area contributed by atoms with Crippen LogP contribution < -0.4 is 10.2 Å². The third-order valence-electron chi connectivity index (χ3n) is 3.77. The van der Waals surface area contributed by atoms with Crippen molar-refractivity contribution in [1.29, 1.82) is 0 Å². The number of allylic oxidation sites excluding steroid dienone is 2. The standard InChI is InChI=1S/C17H25N2O3/c1-20-13-11-19(12-14-21-2)10-4-5-17(18-19)15-6-8-16(22-3)9-7-15/h4-10,18H,11-14H2,1-3H3/q+1. The topological polar surface area (TPSA) is 39.7 Å². The van der Waals surface area contributed by atoms with E-state index in [1.807, 2.05) is 12.1 Å². The number of ether oxygens (including phenoxy) is 3. The predicted octanol–water partition coefficient (Wildman–Crippen LogP) is 2.18. The maximum absolute atomic E-state index is 5.25. The zero-order chi connectivity index (χ0) is 15.8. The molecule has 1 aromatic carbocycles. The van der Waals surface area contributed by atoms with Gasteiger partial charge in [-0.05, 0) is 36.4 Å². The fourth-order valence-electron chi connectivity index (χ4n) is 2.43. The second-order valence-corrected chi connectivity index (χ2v) is 5.23. The Morgan fingerprint density at radius 3 is 2.14 bits per heavy atom. The van der Waals surface area contributed by atoms with Crippen molar-refractivity contribution in [1.82, 2.24) is 5.43 Å². The molecule has 120 valence electrons. The lowest BCUT2D eigenvalue weighted by Gasteiger charge is -2.37. The quantitative estimate of drug-likeness (QED) is 0.747. The van der Waals surface area contributed by atoms with Gasteiger partial charge >= 0.3 is 0 Å². The Balaban J connectivity index is 2.16. The number of benzene rings is 1. The van der Waals surface area contributed by atoms with Gasteiger partial charge in [0.25, 0.3) is 0 Å². The van der Waals surface area contributed by atoms with E-state index in [0.29, 0.717) is 17.8 Å². The van der Waals surface area contributed by atoms with Gasteiger partial charge < -0.3 is 14.2 Å². The van der Waals surface area contributed by atoms with Crippen LogP contribution >= 0.6 is 0 Å². The number of methoxy groups -OCH3 is 3. The van der Waals surface area contributed by atoms with Gasteiger partial charge in [0.05, 0.1) is 26.0 Å². The maximum Gasteiger partial charge on any atom is 0.129 e. The van der Waals surface area contributed by atoms with Crippen molar-refractivity contribution < 1.29 is 18.8 Å². The first-order chi connectivity index (χ1) is 10.7. The minimum absolute atomic E-state index is 0.611. The molecule has 1 N–H and O–H groups in total. The summed E-state index contributed by atoms with van der Waals surface area (Å²) in [6.45, 7) is 3.03. The summed E-state index contributed by atoms with van der Waals surface area (Å²) in [4.78, 5) is 0. The summed E-state index contributed by atoms with van der Waals surface area (Å²) in [6.07, 6.45) is 6.31. The molecule has 0 aromatic heterocycles. The first-order valence-corrected chi connectivity index (χ1v) is 7.40. The first-order valence-electron chi connectivity index (χ1n) is 7.40. The van der Waals surface area contributed by atoms with Gasteiger partial charge in [-0.25, -0.2) is 5.43 Å². The number of nitrogens with one attached hydrogen (secondary N) is 1. The minimum Gasteiger partial charge on any atom is -0.497 e. The number of rotatable bonds is 8. The highest BCUT2D eigenvalue weighted by Crippen LogP contribution is 2.22. The largest absolute Gasteiger partial charge is 0.497 e. The average molecular weight is 305 g/mol. The predicted molar refractivity (Wildman–Crippen MR) is 87.0 cm³/mol. The zero-order valence-electron chi connectivity index (χ0n) is 13.5. The van der Waals surface area contributed by atoms with E-state index in [1.165, 1.54) is 0 Å². The fraction of sp³-hybridized carbons (Fsp3) is 0.412. The molecular formula is C17H25N2O3+. The van der Waals surface area contributed by atoms with Crippen LogP contribution in [0.4, 0.5) is 0 Å². The first kappa shape index (κ1) is 16.5. The molecule has 1 heterocycles. The van der Waals surface area contributed by atoms with Gasteiger partial charge in [-0.3, -0.25) is 0 Å². The Bertz CT molecular complexity index is 515. The normalized spacial score (nSPS) is 16.0. The van der Waals surface area contributed by atoms with Crippen LogP contribution in [-0.4, -0.2) is 52.2 Å². The summed E-state index contributed by atoms with van der Waals surface area (Å²) >= 11 is 0. The van der Waals surface area contributed by atoms with Crippen LogP contribution in [0.15, 0.2) is 42.6 Å². The van der Waals surface area contributed by atoms with Crippen LogP contribution in [0, 0.1) is 0 Å². The summed E-state index contributed by atoms with van der Waals surface area (Å²) < 4.78 is 16.3. The third-order valence-corrected chi connectivity index (χ3v) is 3.77. The molecule has 0 saturated heterocycles. The smallest absolute Gasteiger partial charge is 0.129 e. The van der Waals surface area contributed by atoms with Crippen molar-refractivity contribution >= 4 is 5.70 Å². The van der Waals surface area contributed by atoms with Crippen molar-refractivity contribution in [2.24, 2.45) is 0 Å². The van der Waals surface area contributed by atoms with Crippen molar-refractivity contribution in [3.8, 4) is 5.75 Å². The lowest BCUT2D eigenvalue weighted by molar-refractivity contribution is -0.916. The van der Waals surface area contributed by atoms with Crippen LogP contribution in [0.2, 0.25) is 0 Å². The van der Waals surface area contributed by atoms with Gasteiger partial charge in [0.15, 0.2) is 0 Å². The molecule has 1 aliphatic rings. The SMILES string of the molecule is COCC[N+]1(CCOC)C=CC=C(c2ccc(OC)cc2)N1. The van der Waals surface area contributed by atoms with Gasteiger partial charge in [-0.2, -0.15) is 4.59 Å². The van der Waals surface area contributed by atoms with Gasteiger partial charge in [0.2, 0.25) is 0 Å². The van der Waals surface area contributed by atoms with E-state index < -0.39 is 0 Å². The number of hydrogen-bond acceptors (Lipinski definition) is 4. The molecule has 1 aliphatic heterocycles. The zero-order valence-corrected chi connectivity index (χ0v) is 13.5. The van der Waals surface area contributed by atoms with Crippen molar-refractivity contribution in [3.63, 3.8) is 0 Å². The molecule has 1 aromatic rings. The third kappa shape index (κ3) is 4.10. The summed E-state index contributed by atoms with van der Waals surface area (Å²) in [5.41, 5.74) is 5.81. The van der Waals surface area contributed by atoms with E-state index in [9.17, 15) is 0 Å². The molecule has 0 bridgehead atoms. The van der Waals surface area contributed by atoms with Crippen molar-refractivity contribution in [2.75, 3.05) is 47.6 Å². The Hall–Kier alpha value is -1.82. The molecule has 0 amide bonds. The lowest BCUT2D eigenvalue weighted by Crippen LogP contribution is -2.57. The Kier molecular flexibility index (Phi) is 6.00. The molecule has 0 spiro atoms. The molecule has 0 atom stereocenters. The van der Waals surface area contributed by atoms with Gasteiger partial charge in [0, 0.05) is 19.8 Å². The highest BCUT2D eigenvalue weighted by atomic mass is 16.5. The van der Waals surface area contributed by atoms with Gasteiger partial charge in [0.1, 0.15) is 25.0 Å². The van der Waals surface area contributed by atoms with Crippen molar-refractivity contribution in [3.05, 3.63) is 48.2 Å². The highest BCUT2D eigenvalue weighted by Gasteiger charge is 2.28. The van der Waals surface area contributed by atoms with Crippen LogP contribution in [0.3, 0.4) is 0 Å². The Labute approximate surface area is 132 Å². The highest BCUT2D eigenvalue weighted by molar-refractivity contribution is 5.65. The molecule has 0 aliphatic carbocycles. The maximum atomic E-state index is 5.25. The molecule has 22 heavy (non-hydrogen) atoms. The molecule has 0 radical (unpaired) electrons. The summed E-state index contributed by atoms with van der Waals surface area (Å²) in [6, 6.07) is 8.04. The Morgan fingerprint density at radius 2 is 1.59 bits per heavy atom. The second kappa shape index (κ2) is 7.98. The molecule has 5 nitrogen and oxygen atoms in total. The second-order valence-electron chi connectivity index (χ2n) is 5.23. The summed E-state index contributed by atoms with van der Waals surface area (Å²) in [5, 5.41) is 0. The fourth-order valence-corrected chi connectivity index (χ4v) is 2.43. The lowest BCUT2D eigenvalue weighted by atomic mass is 10.1. The van der Waals surface area contributed by atoms with E-state index in [4.69, 9.17) is 14.2 Å².